The van der Waals surface area contributed by atoms with Crippen molar-refractivity contribution < 1.29 is 4.79 Å². The van der Waals surface area contributed by atoms with E-state index in [1.807, 2.05) is 13.8 Å². The number of fused-ring (bicyclic) bond motifs is 1. The quantitative estimate of drug-likeness (QED) is 0.783. The Balaban J connectivity index is 1.81. The summed E-state index contributed by atoms with van der Waals surface area (Å²) in [4.78, 5) is 27.4. The Labute approximate surface area is 160 Å². The van der Waals surface area contributed by atoms with Crippen molar-refractivity contribution in [2.75, 3.05) is 19.6 Å². The number of likely N-dealkylation sites (N-methyl/N-ethyl adjacent to an activating group) is 1. The fraction of sp³-hybridized carbons (Fsp3) is 0.647. The molecule has 1 aliphatic heterocycles. The van der Waals surface area contributed by atoms with Crippen LogP contribution in [0.1, 0.15) is 45.2 Å². The predicted molar refractivity (Wildman–Crippen MR) is 102 cm³/mol. The first-order chi connectivity index (χ1) is 12.4. The van der Waals surface area contributed by atoms with Crippen LogP contribution in [0.5, 0.6) is 0 Å². The maximum atomic E-state index is 12.6. The van der Waals surface area contributed by atoms with E-state index < -0.39 is 5.69 Å². The molecule has 1 fully saturated rings. The van der Waals surface area contributed by atoms with Crippen LogP contribution in [-0.2, 0) is 11.3 Å². The number of carbonyl (C=O) groups is 1. The van der Waals surface area contributed by atoms with Gasteiger partial charge in [-0.3, -0.25) is 4.79 Å². The van der Waals surface area contributed by atoms with E-state index in [0.29, 0.717) is 10.1 Å². The number of halogens is 1. The normalized spacial score (nSPS) is 18.6. The molecule has 26 heavy (non-hydrogen) atoms. The molecule has 0 aliphatic carbocycles. The van der Waals surface area contributed by atoms with Crippen LogP contribution in [0.25, 0.3) is 5.52 Å². The van der Waals surface area contributed by atoms with Crippen molar-refractivity contribution in [3.63, 3.8) is 0 Å². The summed E-state index contributed by atoms with van der Waals surface area (Å²) in [6.07, 6.45) is 2.04. The van der Waals surface area contributed by atoms with Crippen LogP contribution in [0.2, 0.25) is 0 Å². The summed E-state index contributed by atoms with van der Waals surface area (Å²) >= 11 is 3.30. The lowest BCUT2D eigenvalue weighted by atomic mass is 10.1. The molecule has 0 bridgehead atoms. The Bertz CT molecular complexity index is 859. The minimum absolute atomic E-state index is 0.103. The first kappa shape index (κ1) is 19.0. The Morgan fingerprint density at radius 1 is 1.42 bits per heavy atom. The molecule has 2 aromatic heterocycles. The fourth-order valence-electron chi connectivity index (χ4n) is 3.40. The largest absolute Gasteiger partial charge is 0.366 e. The summed E-state index contributed by atoms with van der Waals surface area (Å²) in [5, 5.41) is 11.7. The molecule has 1 N–H and O–H groups in total. The molecular weight excluding hydrogens is 400 g/mol. The summed E-state index contributed by atoms with van der Waals surface area (Å²) in [5.74, 6) is -0.0877. The smallest absolute Gasteiger partial charge is 0.350 e. The van der Waals surface area contributed by atoms with Gasteiger partial charge >= 0.3 is 5.69 Å². The fourth-order valence-corrected chi connectivity index (χ4v) is 3.77. The molecule has 0 spiro atoms. The number of likely N-dealkylation sites (tertiary alicyclic amines) is 1. The topological polar surface area (TPSA) is 84.5 Å². The summed E-state index contributed by atoms with van der Waals surface area (Å²) in [5.41, 5.74) is 0.994. The first-order valence-corrected chi connectivity index (χ1v) is 9.86. The molecule has 142 valence electrons. The molecule has 9 heteroatoms. The van der Waals surface area contributed by atoms with Crippen LogP contribution < -0.4 is 11.0 Å². The minimum atomic E-state index is -0.413. The van der Waals surface area contributed by atoms with E-state index in [-0.39, 0.29) is 24.4 Å². The number of carbonyl (C=O) groups excluding carboxylic acids is 1. The number of piperidine rings is 1. The molecule has 0 radical (unpaired) electrons. The lowest BCUT2D eigenvalue weighted by Gasteiger charge is -2.32. The second-order valence-electron chi connectivity index (χ2n) is 7.04. The maximum absolute atomic E-state index is 12.6. The number of amides is 1. The zero-order chi connectivity index (χ0) is 18.8. The third-order valence-corrected chi connectivity index (χ3v) is 5.12. The standard InChI is InChI=1S/C17H25BrN6O2/c1-4-22-7-5-6-12(9-22)19-15(25)10-23-17(26)24-13(8-14(18)20-24)16(21-23)11(2)3/h8,11-12H,4-7,9-10H2,1-3H3,(H,19,25)/t12-/m1/s1. The van der Waals surface area contributed by atoms with Gasteiger partial charge in [0.1, 0.15) is 11.1 Å². The first-order valence-electron chi connectivity index (χ1n) is 9.07. The highest BCUT2D eigenvalue weighted by molar-refractivity contribution is 9.10. The lowest BCUT2D eigenvalue weighted by Crippen LogP contribution is -2.49. The zero-order valence-electron chi connectivity index (χ0n) is 15.4. The number of nitrogens with zero attached hydrogens (tertiary/aromatic N) is 5. The van der Waals surface area contributed by atoms with Gasteiger partial charge < -0.3 is 10.2 Å². The third-order valence-electron chi connectivity index (χ3n) is 4.73. The SMILES string of the molecule is CCN1CCC[C@@H](NC(=O)Cn2nc(C(C)C)c3cc(Br)nn3c2=O)C1. The van der Waals surface area contributed by atoms with Crippen LogP contribution in [-0.4, -0.2) is 55.9 Å². The van der Waals surface area contributed by atoms with Gasteiger partial charge in [-0.1, -0.05) is 20.8 Å². The third kappa shape index (κ3) is 3.98. The van der Waals surface area contributed by atoms with Crippen LogP contribution in [0, 0.1) is 0 Å². The minimum Gasteiger partial charge on any atom is -0.350 e. The maximum Gasteiger partial charge on any atom is 0.366 e. The molecule has 1 amide bonds. The van der Waals surface area contributed by atoms with Crippen molar-refractivity contribution in [2.24, 2.45) is 0 Å². The van der Waals surface area contributed by atoms with E-state index in [2.05, 4.69) is 43.3 Å². The highest BCUT2D eigenvalue weighted by atomic mass is 79.9. The molecule has 0 saturated carbocycles. The molecule has 2 aromatic rings. The van der Waals surface area contributed by atoms with Gasteiger partial charge in [0, 0.05) is 18.7 Å². The monoisotopic (exact) mass is 424 g/mol. The van der Waals surface area contributed by atoms with Gasteiger partial charge in [-0.15, -0.1) is 0 Å². The van der Waals surface area contributed by atoms with Crippen molar-refractivity contribution in [3.8, 4) is 0 Å². The average Bonchev–Trinajstić information content (AvgIpc) is 2.99. The molecule has 0 aromatic carbocycles. The van der Waals surface area contributed by atoms with Gasteiger partial charge in [-0.05, 0) is 47.8 Å². The number of hydrogen-bond acceptors (Lipinski definition) is 5. The highest BCUT2D eigenvalue weighted by Crippen LogP contribution is 2.19. The lowest BCUT2D eigenvalue weighted by molar-refractivity contribution is -0.123. The second-order valence-corrected chi connectivity index (χ2v) is 7.86. The van der Waals surface area contributed by atoms with Gasteiger partial charge in [0.25, 0.3) is 0 Å². The molecule has 8 nitrogen and oxygen atoms in total. The number of nitrogens with one attached hydrogen (secondary N) is 1. The number of aromatic nitrogens is 4. The molecule has 3 heterocycles. The Hall–Kier alpha value is -1.74. The Kier molecular flexibility index (Phi) is 5.76. The molecule has 1 atom stereocenters. The second kappa shape index (κ2) is 7.87. The van der Waals surface area contributed by atoms with E-state index >= 15 is 0 Å². The van der Waals surface area contributed by atoms with E-state index in [1.54, 1.807) is 6.07 Å². The van der Waals surface area contributed by atoms with Crippen LogP contribution in [0.15, 0.2) is 15.5 Å². The van der Waals surface area contributed by atoms with Gasteiger partial charge in [0.15, 0.2) is 0 Å². The zero-order valence-corrected chi connectivity index (χ0v) is 17.0. The van der Waals surface area contributed by atoms with Gasteiger partial charge in [0.05, 0.1) is 11.2 Å². The van der Waals surface area contributed by atoms with E-state index in [1.165, 1.54) is 9.20 Å². The summed E-state index contributed by atoms with van der Waals surface area (Å²) in [6.45, 7) is 8.93. The summed E-state index contributed by atoms with van der Waals surface area (Å²) in [6, 6.07) is 1.90. The van der Waals surface area contributed by atoms with E-state index in [4.69, 9.17) is 0 Å². The van der Waals surface area contributed by atoms with Crippen LogP contribution >= 0.6 is 15.9 Å². The summed E-state index contributed by atoms with van der Waals surface area (Å²) in [7, 11) is 0. The molecule has 1 saturated heterocycles. The van der Waals surface area contributed by atoms with Crippen molar-refractivity contribution in [1.82, 2.24) is 29.6 Å². The Morgan fingerprint density at radius 2 is 2.19 bits per heavy atom. The van der Waals surface area contributed by atoms with Crippen molar-refractivity contribution in [1.29, 1.82) is 0 Å². The van der Waals surface area contributed by atoms with Gasteiger partial charge in [0.2, 0.25) is 5.91 Å². The molecule has 1 aliphatic rings. The summed E-state index contributed by atoms with van der Waals surface area (Å²) < 4.78 is 3.08. The number of hydrogen-bond donors (Lipinski definition) is 1. The van der Waals surface area contributed by atoms with Crippen molar-refractivity contribution in [3.05, 3.63) is 26.8 Å². The Morgan fingerprint density at radius 3 is 2.88 bits per heavy atom. The highest BCUT2D eigenvalue weighted by Gasteiger charge is 2.22. The average molecular weight is 425 g/mol. The molecule has 0 unspecified atom stereocenters. The molecular formula is C17H25BrN6O2. The van der Waals surface area contributed by atoms with Gasteiger partial charge in [-0.2, -0.15) is 14.7 Å². The van der Waals surface area contributed by atoms with E-state index in [0.717, 1.165) is 38.2 Å². The van der Waals surface area contributed by atoms with Crippen LogP contribution in [0.3, 0.4) is 0 Å². The predicted octanol–water partition coefficient (Wildman–Crippen LogP) is 1.38. The number of rotatable bonds is 5. The molecule has 3 rings (SSSR count). The van der Waals surface area contributed by atoms with Crippen LogP contribution in [0.4, 0.5) is 0 Å². The van der Waals surface area contributed by atoms with E-state index in [9.17, 15) is 9.59 Å². The van der Waals surface area contributed by atoms with Crippen molar-refractivity contribution in [2.45, 2.75) is 52.1 Å². The van der Waals surface area contributed by atoms with Gasteiger partial charge in [-0.25, -0.2) is 9.48 Å². The van der Waals surface area contributed by atoms with Crippen molar-refractivity contribution >= 4 is 27.4 Å².